The Hall–Kier alpha value is -4.33. The summed E-state index contributed by atoms with van der Waals surface area (Å²) in [6.45, 7) is 6.75. The predicted octanol–water partition coefficient (Wildman–Crippen LogP) is 4.82. The number of ketones is 1. The molecule has 3 aromatic rings. The molecule has 1 N–H and O–H groups in total. The fourth-order valence-corrected chi connectivity index (χ4v) is 5.04. The standard InChI is InChI=1S/C30H30N2O6/c1-4-36-24-11-8-20(15-25(24)37-5-2)27-26(28(33)21-9-10-23-22(14-21)13-18(3)38-23)29(34)30(35)32(27)17-19-7-6-12-31-16-19/h6-12,14-16,18,27,33H,4-5,13,17H2,1-3H3/t18-,27+/m1/s1. The van der Waals surface area contributed by atoms with Gasteiger partial charge in [-0.3, -0.25) is 14.6 Å². The molecular weight excluding hydrogens is 484 g/mol. The number of hydrogen-bond acceptors (Lipinski definition) is 7. The Labute approximate surface area is 221 Å². The predicted molar refractivity (Wildman–Crippen MR) is 141 cm³/mol. The second kappa shape index (κ2) is 10.6. The first-order chi connectivity index (χ1) is 18.4. The minimum Gasteiger partial charge on any atom is -0.507 e. The van der Waals surface area contributed by atoms with Crippen LogP contribution in [0.5, 0.6) is 17.2 Å². The normalized spacial score (nSPS) is 19.8. The van der Waals surface area contributed by atoms with E-state index in [-0.39, 0.29) is 24.0 Å². The van der Waals surface area contributed by atoms with Crippen molar-refractivity contribution < 1.29 is 28.9 Å². The Morgan fingerprint density at radius 2 is 1.87 bits per heavy atom. The fraction of sp³-hybridized carbons (Fsp3) is 0.300. The average molecular weight is 515 g/mol. The zero-order valence-corrected chi connectivity index (χ0v) is 21.6. The molecule has 1 amide bonds. The molecule has 2 atom stereocenters. The Morgan fingerprint density at radius 3 is 2.61 bits per heavy atom. The van der Waals surface area contributed by atoms with Gasteiger partial charge in [0.25, 0.3) is 11.7 Å². The summed E-state index contributed by atoms with van der Waals surface area (Å²) >= 11 is 0. The molecule has 0 spiro atoms. The van der Waals surface area contributed by atoms with Crippen molar-refractivity contribution in [1.82, 2.24) is 9.88 Å². The highest BCUT2D eigenvalue weighted by Crippen LogP contribution is 2.43. The summed E-state index contributed by atoms with van der Waals surface area (Å²) in [4.78, 5) is 32.5. The number of carbonyl (C=O) groups is 2. The molecule has 0 unspecified atom stereocenters. The number of rotatable bonds is 8. The largest absolute Gasteiger partial charge is 0.507 e. The van der Waals surface area contributed by atoms with Crippen LogP contribution in [-0.4, -0.2) is 46.0 Å². The van der Waals surface area contributed by atoms with Crippen molar-refractivity contribution in [1.29, 1.82) is 0 Å². The SMILES string of the molecule is CCOc1ccc([C@H]2C(=C(O)c3ccc4c(c3)C[C@@H](C)O4)C(=O)C(=O)N2Cc2cccnc2)cc1OCC. The second-order valence-corrected chi connectivity index (χ2v) is 9.32. The Morgan fingerprint density at radius 1 is 1.08 bits per heavy atom. The molecule has 1 fully saturated rings. The van der Waals surface area contributed by atoms with Gasteiger partial charge >= 0.3 is 0 Å². The van der Waals surface area contributed by atoms with Gasteiger partial charge < -0.3 is 24.2 Å². The molecule has 1 saturated heterocycles. The highest BCUT2D eigenvalue weighted by atomic mass is 16.5. The monoisotopic (exact) mass is 514 g/mol. The van der Waals surface area contributed by atoms with E-state index in [0.717, 1.165) is 16.9 Å². The van der Waals surface area contributed by atoms with Crippen molar-refractivity contribution in [3.8, 4) is 17.2 Å². The van der Waals surface area contributed by atoms with E-state index in [9.17, 15) is 14.7 Å². The van der Waals surface area contributed by atoms with Crippen LogP contribution in [0.1, 0.15) is 49.1 Å². The summed E-state index contributed by atoms with van der Waals surface area (Å²) in [6.07, 6.45) is 4.04. The lowest BCUT2D eigenvalue weighted by Gasteiger charge is -2.26. The quantitative estimate of drug-likeness (QED) is 0.261. The third-order valence-corrected chi connectivity index (χ3v) is 6.67. The van der Waals surface area contributed by atoms with Gasteiger partial charge in [0, 0.05) is 30.9 Å². The maximum absolute atomic E-state index is 13.5. The second-order valence-electron chi connectivity index (χ2n) is 9.32. The minimum absolute atomic E-state index is 0.0254. The zero-order valence-electron chi connectivity index (χ0n) is 21.6. The number of aliphatic hydroxyl groups excluding tert-OH is 1. The van der Waals surface area contributed by atoms with E-state index in [4.69, 9.17) is 14.2 Å². The first-order valence-corrected chi connectivity index (χ1v) is 12.8. The van der Waals surface area contributed by atoms with Gasteiger partial charge in [-0.1, -0.05) is 12.1 Å². The number of hydrogen-bond donors (Lipinski definition) is 1. The minimum atomic E-state index is -0.839. The van der Waals surface area contributed by atoms with Crippen molar-refractivity contribution in [3.63, 3.8) is 0 Å². The van der Waals surface area contributed by atoms with Gasteiger partial charge in [0.15, 0.2) is 11.5 Å². The summed E-state index contributed by atoms with van der Waals surface area (Å²) in [5.41, 5.74) is 2.82. The highest BCUT2D eigenvalue weighted by molar-refractivity contribution is 6.46. The number of nitrogens with zero attached hydrogens (tertiary/aromatic N) is 2. The zero-order chi connectivity index (χ0) is 26.8. The first kappa shape index (κ1) is 25.3. The van der Waals surface area contributed by atoms with Gasteiger partial charge in [0.05, 0.1) is 24.8 Å². The summed E-state index contributed by atoms with van der Waals surface area (Å²) in [5, 5.41) is 11.5. The molecule has 0 radical (unpaired) electrons. The molecule has 2 aromatic carbocycles. The molecule has 8 nitrogen and oxygen atoms in total. The Kier molecular flexibility index (Phi) is 7.05. The number of amides is 1. The molecule has 38 heavy (non-hydrogen) atoms. The van der Waals surface area contributed by atoms with Crippen LogP contribution in [0.3, 0.4) is 0 Å². The van der Waals surface area contributed by atoms with Gasteiger partial charge in [-0.05, 0) is 73.9 Å². The van der Waals surface area contributed by atoms with Crippen LogP contribution in [0.4, 0.5) is 0 Å². The van der Waals surface area contributed by atoms with Crippen molar-refractivity contribution in [2.75, 3.05) is 13.2 Å². The van der Waals surface area contributed by atoms with Gasteiger partial charge in [0.1, 0.15) is 17.6 Å². The van der Waals surface area contributed by atoms with E-state index >= 15 is 0 Å². The maximum Gasteiger partial charge on any atom is 0.295 e. The Bertz CT molecular complexity index is 1400. The fourth-order valence-electron chi connectivity index (χ4n) is 5.04. The number of benzene rings is 2. The summed E-state index contributed by atoms with van der Waals surface area (Å²) in [6, 6.07) is 13.4. The average Bonchev–Trinajstić information content (AvgIpc) is 3.41. The maximum atomic E-state index is 13.5. The van der Waals surface area contributed by atoms with Crippen molar-refractivity contribution in [2.45, 2.75) is 45.9 Å². The van der Waals surface area contributed by atoms with Crippen LogP contribution in [0.25, 0.3) is 5.76 Å². The Balaban J connectivity index is 1.65. The van der Waals surface area contributed by atoms with E-state index < -0.39 is 17.7 Å². The van der Waals surface area contributed by atoms with E-state index in [1.807, 2.05) is 32.9 Å². The molecule has 0 aliphatic carbocycles. The molecule has 3 heterocycles. The number of ether oxygens (including phenoxy) is 3. The number of fused-ring (bicyclic) bond motifs is 1. The van der Waals surface area contributed by atoms with Gasteiger partial charge in [-0.15, -0.1) is 0 Å². The molecule has 0 bridgehead atoms. The van der Waals surface area contributed by atoms with Gasteiger partial charge in [-0.2, -0.15) is 0 Å². The van der Waals surface area contributed by atoms with E-state index in [0.29, 0.717) is 42.3 Å². The van der Waals surface area contributed by atoms with E-state index in [1.165, 1.54) is 4.90 Å². The molecule has 8 heteroatoms. The van der Waals surface area contributed by atoms with Gasteiger partial charge in [-0.25, -0.2) is 0 Å². The third-order valence-electron chi connectivity index (χ3n) is 6.67. The molecular formula is C30H30N2O6. The van der Waals surface area contributed by atoms with Crippen molar-refractivity contribution in [2.24, 2.45) is 0 Å². The lowest BCUT2D eigenvalue weighted by Crippen LogP contribution is -2.29. The summed E-state index contributed by atoms with van der Waals surface area (Å²) in [5.74, 6) is 0.169. The van der Waals surface area contributed by atoms with Crippen molar-refractivity contribution in [3.05, 3.63) is 88.8 Å². The summed E-state index contributed by atoms with van der Waals surface area (Å²) in [7, 11) is 0. The molecule has 0 saturated carbocycles. The molecule has 196 valence electrons. The van der Waals surface area contributed by atoms with Crippen LogP contribution in [-0.2, 0) is 22.6 Å². The smallest absolute Gasteiger partial charge is 0.295 e. The van der Waals surface area contributed by atoms with Crippen LogP contribution < -0.4 is 14.2 Å². The van der Waals surface area contributed by atoms with E-state index in [1.54, 1.807) is 48.8 Å². The van der Waals surface area contributed by atoms with Crippen molar-refractivity contribution >= 4 is 17.4 Å². The number of aliphatic hydroxyl groups is 1. The summed E-state index contributed by atoms with van der Waals surface area (Å²) < 4.78 is 17.3. The molecule has 2 aliphatic rings. The molecule has 5 rings (SSSR count). The van der Waals surface area contributed by atoms with Crippen LogP contribution >= 0.6 is 0 Å². The number of aromatic nitrogens is 1. The van der Waals surface area contributed by atoms with Crippen LogP contribution in [0.15, 0.2) is 66.5 Å². The lowest BCUT2D eigenvalue weighted by molar-refractivity contribution is -0.140. The number of Topliss-reactive ketones (excluding diaryl/α,β-unsaturated/α-hetero) is 1. The van der Waals surface area contributed by atoms with E-state index in [2.05, 4.69) is 4.98 Å². The number of carbonyl (C=O) groups excluding carboxylic acids is 2. The van der Waals surface area contributed by atoms with Gasteiger partial charge in [0.2, 0.25) is 0 Å². The molecule has 1 aromatic heterocycles. The molecule has 2 aliphatic heterocycles. The lowest BCUT2D eigenvalue weighted by atomic mass is 9.94. The van der Waals surface area contributed by atoms with Crippen LogP contribution in [0.2, 0.25) is 0 Å². The first-order valence-electron chi connectivity index (χ1n) is 12.8. The number of pyridine rings is 1. The third kappa shape index (κ3) is 4.69. The topological polar surface area (TPSA) is 98.2 Å². The highest BCUT2D eigenvalue weighted by Gasteiger charge is 2.46. The number of likely N-dealkylation sites (tertiary alicyclic amines) is 1. The van der Waals surface area contributed by atoms with Crippen LogP contribution in [0, 0.1) is 0 Å².